The van der Waals surface area contributed by atoms with Crippen molar-refractivity contribution in [2.45, 2.75) is 19.4 Å². The molecule has 0 unspecified atom stereocenters. The Bertz CT molecular complexity index is 500. The quantitative estimate of drug-likeness (QED) is 0.339. The Morgan fingerprint density at radius 1 is 1.50 bits per heavy atom. The molecule has 0 spiro atoms. The minimum Gasteiger partial charge on any atom is -0.370 e. The Morgan fingerprint density at radius 2 is 2.22 bits per heavy atom. The fourth-order valence-electron chi connectivity index (χ4n) is 1.85. The molecule has 6 heteroatoms. The molecule has 1 aromatic carbocycles. The van der Waals surface area contributed by atoms with Crippen molar-refractivity contribution in [3.05, 3.63) is 29.8 Å². The molecule has 0 amide bonds. The van der Waals surface area contributed by atoms with Crippen LogP contribution in [0.4, 0.5) is 5.69 Å². The molecule has 0 radical (unpaired) electrons. The molecule has 0 fully saturated rings. The molecule has 5 nitrogen and oxygen atoms in total. The van der Waals surface area contributed by atoms with Gasteiger partial charge in [0.25, 0.3) is 0 Å². The van der Waals surface area contributed by atoms with Gasteiger partial charge in [-0.05, 0) is 19.9 Å². The maximum Gasteiger partial charge on any atom is 0.161 e. The molecule has 0 aliphatic carbocycles. The third kappa shape index (κ3) is 2.55. The van der Waals surface area contributed by atoms with Gasteiger partial charge in [0.2, 0.25) is 0 Å². The lowest BCUT2D eigenvalue weighted by Gasteiger charge is -2.30. The van der Waals surface area contributed by atoms with Crippen LogP contribution in [0.1, 0.15) is 19.4 Å². The number of aliphatic imine (C=N–C) groups is 1. The van der Waals surface area contributed by atoms with E-state index in [9.17, 15) is 0 Å². The SMILES string of the molecule is CC1(C)N=C(C(=N)SOCO)Nc2ccccc21. The molecule has 3 N–H and O–H groups in total. The minimum atomic E-state index is -0.430. The first kappa shape index (κ1) is 13.1. The molecule has 1 aliphatic rings. The second kappa shape index (κ2) is 5.09. The summed E-state index contributed by atoms with van der Waals surface area (Å²) in [6, 6.07) is 7.88. The minimum absolute atomic E-state index is 0.145. The summed E-state index contributed by atoms with van der Waals surface area (Å²) in [6.07, 6.45) is 0. The van der Waals surface area contributed by atoms with Crippen molar-refractivity contribution < 1.29 is 9.29 Å². The summed E-state index contributed by atoms with van der Waals surface area (Å²) < 4.78 is 4.73. The Balaban J connectivity index is 2.27. The molecular formula is C12H15N3O2S. The smallest absolute Gasteiger partial charge is 0.161 e. The van der Waals surface area contributed by atoms with E-state index >= 15 is 0 Å². The molecule has 0 aromatic heterocycles. The van der Waals surface area contributed by atoms with Gasteiger partial charge >= 0.3 is 0 Å². The molecule has 0 bridgehead atoms. The number of benzene rings is 1. The number of hydrogen-bond acceptors (Lipinski definition) is 6. The van der Waals surface area contributed by atoms with E-state index in [-0.39, 0.29) is 10.6 Å². The van der Waals surface area contributed by atoms with Gasteiger partial charge in [-0.3, -0.25) is 14.6 Å². The Kier molecular flexibility index (Phi) is 3.70. The summed E-state index contributed by atoms with van der Waals surface area (Å²) in [6.45, 7) is 3.56. The van der Waals surface area contributed by atoms with Crippen LogP contribution in [0, 0.1) is 5.41 Å². The highest BCUT2D eigenvalue weighted by Crippen LogP contribution is 2.35. The van der Waals surface area contributed by atoms with Crippen molar-refractivity contribution in [1.29, 1.82) is 5.41 Å². The molecule has 2 rings (SSSR count). The van der Waals surface area contributed by atoms with Gasteiger partial charge in [0.05, 0.1) is 17.6 Å². The zero-order valence-corrected chi connectivity index (χ0v) is 11.0. The van der Waals surface area contributed by atoms with Gasteiger partial charge in [-0.1, -0.05) is 18.2 Å². The van der Waals surface area contributed by atoms with Gasteiger partial charge in [-0.15, -0.1) is 0 Å². The van der Waals surface area contributed by atoms with Gasteiger partial charge in [0.15, 0.2) is 17.7 Å². The third-order valence-electron chi connectivity index (χ3n) is 2.64. The van der Waals surface area contributed by atoms with Crippen LogP contribution in [0.3, 0.4) is 0 Å². The summed E-state index contributed by atoms with van der Waals surface area (Å²) in [5, 5.41) is 19.7. The van der Waals surface area contributed by atoms with Gasteiger partial charge in [0.1, 0.15) is 0 Å². The number of hydrogen-bond donors (Lipinski definition) is 3. The van der Waals surface area contributed by atoms with E-state index in [2.05, 4.69) is 10.3 Å². The molecular weight excluding hydrogens is 250 g/mol. The highest BCUT2D eigenvalue weighted by atomic mass is 32.2. The lowest BCUT2D eigenvalue weighted by molar-refractivity contribution is 0.121. The van der Waals surface area contributed by atoms with Gasteiger partial charge < -0.3 is 10.4 Å². The van der Waals surface area contributed by atoms with Crippen molar-refractivity contribution in [3.8, 4) is 0 Å². The maximum absolute atomic E-state index is 8.57. The normalized spacial score (nSPS) is 16.5. The Morgan fingerprint density at radius 3 is 2.94 bits per heavy atom. The molecule has 96 valence electrons. The van der Waals surface area contributed by atoms with E-state index < -0.39 is 6.79 Å². The van der Waals surface area contributed by atoms with Crippen LogP contribution in [0.25, 0.3) is 0 Å². The molecule has 0 saturated heterocycles. The number of rotatable bonds is 3. The standard InChI is InChI=1S/C12H15N3O2S/c1-12(2)8-5-3-4-6-9(8)14-11(15-12)10(13)18-17-7-16/h3-6,13,16H,7H2,1-2H3,(H,14,15). The third-order valence-corrected chi connectivity index (χ3v) is 3.22. The summed E-state index contributed by atoms with van der Waals surface area (Å²) >= 11 is 0.798. The van der Waals surface area contributed by atoms with Crippen LogP contribution < -0.4 is 5.32 Å². The van der Waals surface area contributed by atoms with Crippen molar-refractivity contribution in [2.75, 3.05) is 12.1 Å². The van der Waals surface area contributed by atoms with E-state index in [0.29, 0.717) is 5.84 Å². The summed E-state index contributed by atoms with van der Waals surface area (Å²) in [5.74, 6) is 0.456. The number of amidine groups is 1. The average molecular weight is 265 g/mol. The number of nitrogens with zero attached hydrogens (tertiary/aromatic N) is 1. The Hall–Kier alpha value is -1.37. The number of nitrogens with one attached hydrogen (secondary N) is 2. The van der Waals surface area contributed by atoms with Crippen LogP contribution in [0.2, 0.25) is 0 Å². The zero-order chi connectivity index (χ0) is 13.2. The van der Waals surface area contributed by atoms with E-state index in [1.165, 1.54) is 0 Å². The lowest BCUT2D eigenvalue weighted by Crippen LogP contribution is -2.32. The molecule has 1 aliphatic heterocycles. The molecule has 0 atom stereocenters. The second-order valence-corrected chi connectivity index (χ2v) is 5.16. The van der Waals surface area contributed by atoms with Crippen LogP contribution in [-0.2, 0) is 9.72 Å². The van der Waals surface area contributed by atoms with Crippen molar-refractivity contribution in [3.63, 3.8) is 0 Å². The van der Waals surface area contributed by atoms with Crippen LogP contribution >= 0.6 is 12.0 Å². The van der Waals surface area contributed by atoms with Gasteiger partial charge in [-0.2, -0.15) is 0 Å². The summed E-state index contributed by atoms with van der Waals surface area (Å²) in [4.78, 5) is 4.51. The molecule has 0 saturated carbocycles. The lowest BCUT2D eigenvalue weighted by atomic mass is 9.92. The molecule has 18 heavy (non-hydrogen) atoms. The summed E-state index contributed by atoms with van der Waals surface area (Å²) in [5.41, 5.74) is 1.65. The van der Waals surface area contributed by atoms with Gasteiger partial charge in [0, 0.05) is 11.3 Å². The number of para-hydroxylation sites is 1. The molecule has 1 aromatic rings. The zero-order valence-electron chi connectivity index (χ0n) is 10.2. The van der Waals surface area contributed by atoms with Crippen molar-refractivity contribution in [2.24, 2.45) is 4.99 Å². The number of aliphatic hydroxyl groups is 1. The Labute approximate surface area is 110 Å². The fraction of sp³-hybridized carbons (Fsp3) is 0.333. The highest BCUT2D eigenvalue weighted by Gasteiger charge is 2.29. The number of aliphatic hydroxyl groups excluding tert-OH is 1. The van der Waals surface area contributed by atoms with Gasteiger partial charge in [-0.25, -0.2) is 0 Å². The average Bonchev–Trinajstić information content (AvgIpc) is 2.35. The summed E-state index contributed by atoms with van der Waals surface area (Å²) in [7, 11) is 0. The number of anilines is 1. The van der Waals surface area contributed by atoms with E-state index in [4.69, 9.17) is 14.7 Å². The fourth-order valence-corrected chi connectivity index (χ4v) is 2.20. The van der Waals surface area contributed by atoms with E-state index in [0.717, 1.165) is 23.3 Å². The first-order valence-electron chi connectivity index (χ1n) is 5.50. The predicted molar refractivity (Wildman–Crippen MR) is 74.0 cm³/mol. The van der Waals surface area contributed by atoms with Crippen LogP contribution in [0.15, 0.2) is 29.3 Å². The first-order chi connectivity index (χ1) is 8.54. The monoisotopic (exact) mass is 265 g/mol. The topological polar surface area (TPSA) is 77.7 Å². The van der Waals surface area contributed by atoms with E-state index in [1.54, 1.807) is 0 Å². The predicted octanol–water partition coefficient (Wildman–Crippen LogP) is 2.34. The van der Waals surface area contributed by atoms with Crippen LogP contribution in [-0.4, -0.2) is 22.8 Å². The molecule has 1 heterocycles. The maximum atomic E-state index is 8.57. The largest absolute Gasteiger partial charge is 0.370 e. The first-order valence-corrected chi connectivity index (χ1v) is 6.24. The highest BCUT2D eigenvalue weighted by molar-refractivity contribution is 8.11. The van der Waals surface area contributed by atoms with Crippen molar-refractivity contribution in [1.82, 2.24) is 0 Å². The second-order valence-electron chi connectivity index (χ2n) is 4.35. The van der Waals surface area contributed by atoms with E-state index in [1.807, 2.05) is 38.1 Å². The number of fused-ring (bicyclic) bond motifs is 1. The van der Waals surface area contributed by atoms with Crippen LogP contribution in [0.5, 0.6) is 0 Å². The van der Waals surface area contributed by atoms with Crippen molar-refractivity contribution >= 4 is 28.6 Å².